The summed E-state index contributed by atoms with van der Waals surface area (Å²) < 4.78 is 5.32. The minimum Gasteiger partial charge on any atom is -0.388 e. The van der Waals surface area contributed by atoms with Crippen LogP contribution in [0.25, 0.3) is 0 Å². The fourth-order valence-electron chi connectivity index (χ4n) is 2.69. The Labute approximate surface area is 91.4 Å². The normalized spacial score (nSPS) is 31.4. The first-order chi connectivity index (χ1) is 7.06. The standard InChI is InChI=1S/C11H22N2O2/c1-13-6-2-11(14,3-7-13)10(12)4-8-15-9-5-10/h14H,2-9,12H2,1H3. The molecule has 2 saturated heterocycles. The van der Waals surface area contributed by atoms with Gasteiger partial charge in [-0.3, -0.25) is 0 Å². The number of rotatable bonds is 1. The molecule has 0 radical (unpaired) electrons. The minimum absolute atomic E-state index is 0.424. The number of nitrogens with zero attached hydrogens (tertiary/aromatic N) is 1. The van der Waals surface area contributed by atoms with Crippen LogP contribution in [0.5, 0.6) is 0 Å². The van der Waals surface area contributed by atoms with E-state index < -0.39 is 11.1 Å². The van der Waals surface area contributed by atoms with E-state index in [1.807, 2.05) is 0 Å². The molecule has 0 atom stereocenters. The van der Waals surface area contributed by atoms with Crippen LogP contribution in [0.15, 0.2) is 0 Å². The number of ether oxygens (including phenoxy) is 1. The lowest BCUT2D eigenvalue weighted by molar-refractivity contribution is -0.111. The molecule has 88 valence electrons. The molecule has 0 aromatic carbocycles. The van der Waals surface area contributed by atoms with E-state index in [1.165, 1.54) is 0 Å². The molecule has 3 N–H and O–H groups in total. The van der Waals surface area contributed by atoms with Crippen molar-refractivity contribution in [3.63, 3.8) is 0 Å². The average molecular weight is 214 g/mol. The first-order valence-corrected chi connectivity index (χ1v) is 5.83. The van der Waals surface area contributed by atoms with Gasteiger partial charge in [-0.1, -0.05) is 0 Å². The first kappa shape index (κ1) is 11.3. The Hall–Kier alpha value is -0.160. The molecule has 0 bridgehead atoms. The largest absolute Gasteiger partial charge is 0.388 e. The van der Waals surface area contributed by atoms with Crippen molar-refractivity contribution in [2.75, 3.05) is 33.4 Å². The highest BCUT2D eigenvalue weighted by Crippen LogP contribution is 2.37. The number of piperidine rings is 1. The predicted octanol–water partition coefficient (Wildman–Crippen LogP) is -0.0490. The van der Waals surface area contributed by atoms with Crippen molar-refractivity contribution < 1.29 is 9.84 Å². The first-order valence-electron chi connectivity index (χ1n) is 5.83. The molecule has 2 aliphatic heterocycles. The summed E-state index contributed by atoms with van der Waals surface area (Å²) in [7, 11) is 2.09. The van der Waals surface area contributed by atoms with Gasteiger partial charge in [0.25, 0.3) is 0 Å². The lowest BCUT2D eigenvalue weighted by Crippen LogP contribution is -2.65. The number of hydrogen-bond acceptors (Lipinski definition) is 4. The minimum atomic E-state index is -0.677. The zero-order valence-electron chi connectivity index (χ0n) is 9.54. The van der Waals surface area contributed by atoms with Crippen LogP contribution < -0.4 is 5.73 Å². The van der Waals surface area contributed by atoms with Gasteiger partial charge >= 0.3 is 0 Å². The van der Waals surface area contributed by atoms with Crippen LogP contribution in [0, 0.1) is 0 Å². The van der Waals surface area contributed by atoms with Crippen molar-refractivity contribution in [2.24, 2.45) is 5.73 Å². The van der Waals surface area contributed by atoms with Crippen LogP contribution in [0.2, 0.25) is 0 Å². The fraction of sp³-hybridized carbons (Fsp3) is 1.00. The lowest BCUT2D eigenvalue weighted by Gasteiger charge is -2.50. The van der Waals surface area contributed by atoms with Crippen molar-refractivity contribution in [3.05, 3.63) is 0 Å². The van der Waals surface area contributed by atoms with Crippen molar-refractivity contribution in [3.8, 4) is 0 Å². The monoisotopic (exact) mass is 214 g/mol. The van der Waals surface area contributed by atoms with Crippen LogP contribution in [0.1, 0.15) is 25.7 Å². The predicted molar refractivity (Wildman–Crippen MR) is 58.7 cm³/mol. The second-order valence-electron chi connectivity index (χ2n) is 5.10. The summed E-state index contributed by atoms with van der Waals surface area (Å²) in [5.41, 5.74) is 5.26. The van der Waals surface area contributed by atoms with E-state index in [2.05, 4.69) is 11.9 Å². The Morgan fingerprint density at radius 2 is 1.67 bits per heavy atom. The molecule has 2 fully saturated rings. The number of nitrogens with two attached hydrogens (primary N) is 1. The Morgan fingerprint density at radius 1 is 1.13 bits per heavy atom. The Bertz CT molecular complexity index is 219. The highest BCUT2D eigenvalue weighted by Gasteiger charge is 2.49. The van der Waals surface area contributed by atoms with Gasteiger partial charge in [0.1, 0.15) is 0 Å². The van der Waals surface area contributed by atoms with E-state index in [0.29, 0.717) is 13.2 Å². The zero-order valence-corrected chi connectivity index (χ0v) is 9.54. The molecule has 2 aliphatic rings. The molecule has 4 heteroatoms. The van der Waals surface area contributed by atoms with Gasteiger partial charge in [-0.05, 0) is 32.7 Å². The highest BCUT2D eigenvalue weighted by atomic mass is 16.5. The molecule has 2 heterocycles. The molecular formula is C11H22N2O2. The van der Waals surface area contributed by atoms with Gasteiger partial charge < -0.3 is 20.5 Å². The summed E-state index contributed by atoms with van der Waals surface area (Å²) in [6, 6.07) is 0. The highest BCUT2D eigenvalue weighted by molar-refractivity contribution is 5.06. The van der Waals surface area contributed by atoms with Crippen molar-refractivity contribution in [2.45, 2.75) is 36.8 Å². The zero-order chi connectivity index (χ0) is 10.9. The molecule has 0 aromatic rings. The van der Waals surface area contributed by atoms with E-state index in [-0.39, 0.29) is 0 Å². The van der Waals surface area contributed by atoms with Gasteiger partial charge in [-0.25, -0.2) is 0 Å². The van der Waals surface area contributed by atoms with Crippen LogP contribution in [-0.2, 0) is 4.74 Å². The molecule has 0 unspecified atom stereocenters. The topological polar surface area (TPSA) is 58.7 Å². The number of likely N-dealkylation sites (tertiary alicyclic amines) is 1. The van der Waals surface area contributed by atoms with Gasteiger partial charge in [0.05, 0.1) is 5.60 Å². The molecule has 2 rings (SSSR count). The smallest absolute Gasteiger partial charge is 0.0852 e. The summed E-state index contributed by atoms with van der Waals surface area (Å²) in [6.07, 6.45) is 3.15. The molecule has 15 heavy (non-hydrogen) atoms. The fourth-order valence-corrected chi connectivity index (χ4v) is 2.69. The van der Waals surface area contributed by atoms with E-state index in [0.717, 1.165) is 38.8 Å². The van der Waals surface area contributed by atoms with Gasteiger partial charge in [-0.15, -0.1) is 0 Å². The van der Waals surface area contributed by atoms with Crippen LogP contribution in [0.3, 0.4) is 0 Å². The maximum atomic E-state index is 10.7. The van der Waals surface area contributed by atoms with Gasteiger partial charge in [0.15, 0.2) is 0 Å². The summed E-state index contributed by atoms with van der Waals surface area (Å²) in [5, 5.41) is 10.7. The maximum absolute atomic E-state index is 10.7. The van der Waals surface area contributed by atoms with E-state index in [9.17, 15) is 5.11 Å². The molecule has 0 aliphatic carbocycles. The molecule has 0 spiro atoms. The van der Waals surface area contributed by atoms with E-state index >= 15 is 0 Å². The van der Waals surface area contributed by atoms with Crippen LogP contribution >= 0.6 is 0 Å². The third kappa shape index (κ3) is 2.04. The maximum Gasteiger partial charge on any atom is 0.0852 e. The third-order valence-electron chi connectivity index (χ3n) is 4.13. The summed E-state index contributed by atoms with van der Waals surface area (Å²) in [6.45, 7) is 3.26. The summed E-state index contributed by atoms with van der Waals surface area (Å²) in [4.78, 5) is 2.25. The summed E-state index contributed by atoms with van der Waals surface area (Å²) in [5.74, 6) is 0. The Kier molecular flexibility index (Phi) is 3.03. The van der Waals surface area contributed by atoms with Crippen molar-refractivity contribution >= 4 is 0 Å². The van der Waals surface area contributed by atoms with Crippen molar-refractivity contribution in [1.82, 2.24) is 4.90 Å². The lowest BCUT2D eigenvalue weighted by atomic mass is 9.70. The molecule has 0 amide bonds. The van der Waals surface area contributed by atoms with Gasteiger partial charge in [0, 0.05) is 31.8 Å². The second-order valence-corrected chi connectivity index (χ2v) is 5.10. The van der Waals surface area contributed by atoms with E-state index in [1.54, 1.807) is 0 Å². The van der Waals surface area contributed by atoms with Gasteiger partial charge in [0.2, 0.25) is 0 Å². The Morgan fingerprint density at radius 3 is 2.20 bits per heavy atom. The number of hydrogen-bond donors (Lipinski definition) is 2. The molecular weight excluding hydrogens is 192 g/mol. The molecule has 4 nitrogen and oxygen atoms in total. The molecule has 0 aromatic heterocycles. The molecule has 0 saturated carbocycles. The second kappa shape index (κ2) is 4.01. The van der Waals surface area contributed by atoms with Crippen LogP contribution in [-0.4, -0.2) is 54.5 Å². The summed E-state index contributed by atoms with van der Waals surface area (Å²) >= 11 is 0. The van der Waals surface area contributed by atoms with Crippen molar-refractivity contribution in [1.29, 1.82) is 0 Å². The Balaban J connectivity index is 2.06. The van der Waals surface area contributed by atoms with E-state index in [4.69, 9.17) is 10.5 Å². The van der Waals surface area contributed by atoms with Gasteiger partial charge in [-0.2, -0.15) is 0 Å². The third-order valence-corrected chi connectivity index (χ3v) is 4.13. The van der Waals surface area contributed by atoms with Crippen LogP contribution in [0.4, 0.5) is 0 Å². The quantitative estimate of drug-likeness (QED) is 0.642. The number of aliphatic hydroxyl groups is 1. The SMILES string of the molecule is CN1CCC(O)(C2(N)CCOCC2)CC1. The average Bonchev–Trinajstić information content (AvgIpc) is 2.24.